The highest BCUT2D eigenvalue weighted by Crippen LogP contribution is 2.27. The number of methoxy groups -OCH3 is 1. The van der Waals surface area contributed by atoms with Crippen molar-refractivity contribution >= 4 is 21.6 Å². The van der Waals surface area contributed by atoms with Crippen molar-refractivity contribution in [1.29, 1.82) is 0 Å². The molecule has 1 heterocycles. The average molecular weight is 310 g/mol. The van der Waals surface area contributed by atoms with E-state index in [1.165, 1.54) is 0 Å². The third-order valence-corrected chi connectivity index (χ3v) is 3.17. The number of rotatable bonds is 4. The molecule has 96 valence electrons. The lowest BCUT2D eigenvalue weighted by Gasteiger charge is -2.14. The molecule has 18 heavy (non-hydrogen) atoms. The van der Waals surface area contributed by atoms with Gasteiger partial charge in [-0.2, -0.15) is 5.10 Å². The summed E-state index contributed by atoms with van der Waals surface area (Å²) >= 11 is 3.47. The van der Waals surface area contributed by atoms with Crippen LogP contribution in [0.4, 0.5) is 5.69 Å². The highest BCUT2D eigenvalue weighted by molar-refractivity contribution is 9.10. The number of aromatic nitrogens is 2. The second-order valence-electron chi connectivity index (χ2n) is 4.19. The van der Waals surface area contributed by atoms with Gasteiger partial charge in [-0.05, 0) is 19.1 Å². The summed E-state index contributed by atoms with van der Waals surface area (Å²) in [6, 6.07) is 6.12. The van der Waals surface area contributed by atoms with Gasteiger partial charge in [0.1, 0.15) is 5.75 Å². The lowest BCUT2D eigenvalue weighted by atomic mass is 10.2. The van der Waals surface area contributed by atoms with Gasteiger partial charge in [0, 0.05) is 35.0 Å². The van der Waals surface area contributed by atoms with Gasteiger partial charge < -0.3 is 10.1 Å². The standard InChI is InChI=1S/C13H16BrN3O/c1-9(10-7-15-17(2)8-10)16-12-4-11(14)5-13(6-12)18-3/h4-9,16H,1-3H3. The summed E-state index contributed by atoms with van der Waals surface area (Å²) in [7, 11) is 3.58. The highest BCUT2D eigenvalue weighted by Gasteiger charge is 2.08. The van der Waals surface area contributed by atoms with E-state index in [-0.39, 0.29) is 6.04 Å². The van der Waals surface area contributed by atoms with Gasteiger partial charge in [0.25, 0.3) is 0 Å². The Kier molecular flexibility index (Phi) is 3.91. The second-order valence-corrected chi connectivity index (χ2v) is 5.11. The van der Waals surface area contributed by atoms with Crippen molar-refractivity contribution in [2.75, 3.05) is 12.4 Å². The Morgan fingerprint density at radius 2 is 2.17 bits per heavy atom. The Morgan fingerprint density at radius 1 is 1.39 bits per heavy atom. The first-order valence-corrected chi connectivity index (χ1v) is 6.47. The maximum absolute atomic E-state index is 5.24. The Bertz CT molecular complexity index is 539. The summed E-state index contributed by atoms with van der Waals surface area (Å²) in [5.74, 6) is 0.824. The molecular weight excluding hydrogens is 294 g/mol. The summed E-state index contributed by atoms with van der Waals surface area (Å²) in [6.07, 6.45) is 3.87. The first-order chi connectivity index (χ1) is 8.58. The van der Waals surface area contributed by atoms with Gasteiger partial charge in [0.15, 0.2) is 0 Å². The molecule has 0 spiro atoms. The minimum Gasteiger partial charge on any atom is -0.497 e. The van der Waals surface area contributed by atoms with E-state index in [1.807, 2.05) is 37.6 Å². The van der Waals surface area contributed by atoms with Crippen LogP contribution >= 0.6 is 15.9 Å². The molecule has 0 aliphatic rings. The van der Waals surface area contributed by atoms with Gasteiger partial charge in [-0.25, -0.2) is 0 Å². The van der Waals surface area contributed by atoms with E-state index in [9.17, 15) is 0 Å². The molecule has 0 aliphatic heterocycles. The van der Waals surface area contributed by atoms with Crippen LogP contribution in [-0.2, 0) is 7.05 Å². The summed E-state index contributed by atoms with van der Waals surface area (Å²) in [5, 5.41) is 7.60. The molecule has 0 aliphatic carbocycles. The van der Waals surface area contributed by atoms with Crippen LogP contribution in [0.25, 0.3) is 0 Å². The fraction of sp³-hybridized carbons (Fsp3) is 0.308. The predicted octanol–water partition coefficient (Wildman–Crippen LogP) is 3.36. The predicted molar refractivity (Wildman–Crippen MR) is 75.9 cm³/mol. The maximum Gasteiger partial charge on any atom is 0.122 e. The molecule has 2 rings (SSSR count). The number of aryl methyl sites for hydroxylation is 1. The minimum absolute atomic E-state index is 0.192. The molecule has 0 amide bonds. The highest BCUT2D eigenvalue weighted by atomic mass is 79.9. The lowest BCUT2D eigenvalue weighted by Crippen LogP contribution is -2.05. The molecule has 2 aromatic rings. The van der Waals surface area contributed by atoms with E-state index in [2.05, 4.69) is 33.3 Å². The number of nitrogens with one attached hydrogen (secondary N) is 1. The molecule has 4 nitrogen and oxygen atoms in total. The number of nitrogens with zero attached hydrogens (tertiary/aromatic N) is 2. The van der Waals surface area contributed by atoms with Crippen molar-refractivity contribution in [2.45, 2.75) is 13.0 Å². The Morgan fingerprint density at radius 3 is 2.78 bits per heavy atom. The maximum atomic E-state index is 5.24. The van der Waals surface area contributed by atoms with Crippen molar-refractivity contribution in [2.24, 2.45) is 7.05 Å². The first-order valence-electron chi connectivity index (χ1n) is 5.68. The van der Waals surface area contributed by atoms with Gasteiger partial charge in [-0.1, -0.05) is 15.9 Å². The van der Waals surface area contributed by atoms with Gasteiger partial charge in [-0.15, -0.1) is 0 Å². The van der Waals surface area contributed by atoms with E-state index < -0.39 is 0 Å². The zero-order valence-electron chi connectivity index (χ0n) is 10.6. The number of ether oxygens (including phenoxy) is 1. The Hall–Kier alpha value is -1.49. The summed E-state index contributed by atoms with van der Waals surface area (Å²) in [6.45, 7) is 2.10. The fourth-order valence-electron chi connectivity index (χ4n) is 1.76. The average Bonchev–Trinajstić information content (AvgIpc) is 2.75. The SMILES string of the molecule is COc1cc(Br)cc(NC(C)c2cnn(C)c2)c1. The normalized spacial score (nSPS) is 12.2. The monoisotopic (exact) mass is 309 g/mol. The number of anilines is 1. The van der Waals surface area contributed by atoms with E-state index in [1.54, 1.807) is 11.8 Å². The molecule has 1 aromatic carbocycles. The van der Waals surface area contributed by atoms with E-state index in [0.29, 0.717) is 0 Å². The zero-order valence-corrected chi connectivity index (χ0v) is 12.2. The van der Waals surface area contributed by atoms with Gasteiger partial charge in [0.2, 0.25) is 0 Å². The number of benzene rings is 1. The zero-order chi connectivity index (χ0) is 13.1. The van der Waals surface area contributed by atoms with Gasteiger partial charge in [0.05, 0.1) is 19.3 Å². The third-order valence-electron chi connectivity index (χ3n) is 2.72. The smallest absolute Gasteiger partial charge is 0.122 e. The van der Waals surface area contributed by atoms with Crippen molar-refractivity contribution in [3.8, 4) is 5.75 Å². The Balaban J connectivity index is 2.16. The molecule has 5 heteroatoms. The van der Waals surface area contributed by atoms with Crippen molar-refractivity contribution in [1.82, 2.24) is 9.78 Å². The number of halogens is 1. The molecule has 0 radical (unpaired) electrons. The molecule has 1 N–H and O–H groups in total. The largest absolute Gasteiger partial charge is 0.497 e. The number of hydrogen-bond acceptors (Lipinski definition) is 3. The van der Waals surface area contributed by atoms with Crippen LogP contribution in [0.3, 0.4) is 0 Å². The summed E-state index contributed by atoms with van der Waals surface area (Å²) < 4.78 is 8.03. The van der Waals surface area contributed by atoms with Crippen LogP contribution in [0.1, 0.15) is 18.5 Å². The number of hydrogen-bond donors (Lipinski definition) is 1. The van der Waals surface area contributed by atoms with E-state index in [0.717, 1.165) is 21.5 Å². The fourth-order valence-corrected chi connectivity index (χ4v) is 2.23. The van der Waals surface area contributed by atoms with Crippen LogP contribution in [0.15, 0.2) is 35.1 Å². The van der Waals surface area contributed by atoms with Crippen LogP contribution in [0.2, 0.25) is 0 Å². The molecule has 1 unspecified atom stereocenters. The van der Waals surface area contributed by atoms with Crippen molar-refractivity contribution in [3.63, 3.8) is 0 Å². The summed E-state index contributed by atoms with van der Waals surface area (Å²) in [4.78, 5) is 0. The van der Waals surface area contributed by atoms with Crippen molar-refractivity contribution in [3.05, 3.63) is 40.6 Å². The quantitative estimate of drug-likeness (QED) is 0.941. The van der Waals surface area contributed by atoms with Gasteiger partial charge in [-0.3, -0.25) is 4.68 Å². The topological polar surface area (TPSA) is 39.1 Å². The van der Waals surface area contributed by atoms with E-state index in [4.69, 9.17) is 4.74 Å². The lowest BCUT2D eigenvalue weighted by molar-refractivity contribution is 0.414. The van der Waals surface area contributed by atoms with Gasteiger partial charge >= 0.3 is 0 Å². The van der Waals surface area contributed by atoms with Crippen LogP contribution in [0.5, 0.6) is 5.75 Å². The molecule has 0 fully saturated rings. The second kappa shape index (κ2) is 5.44. The molecular formula is C13H16BrN3O. The molecule has 0 saturated heterocycles. The van der Waals surface area contributed by atoms with Crippen LogP contribution < -0.4 is 10.1 Å². The third kappa shape index (κ3) is 3.04. The van der Waals surface area contributed by atoms with Crippen LogP contribution in [0, 0.1) is 0 Å². The van der Waals surface area contributed by atoms with Crippen molar-refractivity contribution < 1.29 is 4.74 Å². The first kappa shape index (κ1) is 13.0. The molecule has 0 saturated carbocycles. The summed E-state index contributed by atoms with van der Waals surface area (Å²) in [5.41, 5.74) is 2.16. The molecule has 1 aromatic heterocycles. The Labute approximate surface area is 115 Å². The van der Waals surface area contributed by atoms with Crippen LogP contribution in [-0.4, -0.2) is 16.9 Å². The molecule has 0 bridgehead atoms. The van der Waals surface area contributed by atoms with E-state index >= 15 is 0 Å². The minimum atomic E-state index is 0.192. The molecule has 1 atom stereocenters.